The zero-order chi connectivity index (χ0) is 32.8. The molecule has 0 bridgehead atoms. The van der Waals surface area contributed by atoms with Crippen LogP contribution in [0.5, 0.6) is 0 Å². The Bertz CT molecular complexity index is 1310. The Balaban J connectivity index is 1.54. The summed E-state index contributed by atoms with van der Waals surface area (Å²) < 4.78 is 17.3. The predicted octanol–water partition coefficient (Wildman–Crippen LogP) is 1.35. The third-order valence-corrected chi connectivity index (χ3v) is 8.88. The molecule has 44 heavy (non-hydrogen) atoms. The molecule has 0 radical (unpaired) electrons. The number of aliphatic hydroxyl groups excluding tert-OH is 3. The van der Waals surface area contributed by atoms with E-state index < -0.39 is 50.8 Å². The van der Waals surface area contributed by atoms with Gasteiger partial charge in [0.05, 0.1) is 38.0 Å². The summed E-state index contributed by atoms with van der Waals surface area (Å²) in [6.07, 6.45) is -1.66. The van der Waals surface area contributed by atoms with Crippen LogP contribution in [-0.2, 0) is 38.0 Å². The number of hydrogen-bond donors (Lipinski definition) is 5. The van der Waals surface area contributed by atoms with Gasteiger partial charge in [-0.3, -0.25) is 13.8 Å². The van der Waals surface area contributed by atoms with Gasteiger partial charge in [0.2, 0.25) is 11.8 Å². The van der Waals surface area contributed by atoms with E-state index in [0.717, 1.165) is 22.3 Å². The maximum atomic E-state index is 12.5. The van der Waals surface area contributed by atoms with Crippen LogP contribution >= 0.6 is 0 Å². The lowest BCUT2D eigenvalue weighted by Crippen LogP contribution is -2.56. The van der Waals surface area contributed by atoms with Crippen molar-refractivity contribution in [2.24, 2.45) is 0 Å². The van der Waals surface area contributed by atoms with E-state index in [-0.39, 0.29) is 31.3 Å². The average Bonchev–Trinajstić information content (AvgIpc) is 2.93. The second-order valence-corrected chi connectivity index (χ2v) is 14.1. The molecular formula is C32H47N3O8S. The third-order valence-electron chi connectivity index (χ3n) is 7.84. The van der Waals surface area contributed by atoms with Gasteiger partial charge in [0.25, 0.3) is 0 Å². The SMILES string of the molecule is Cc1ccc([C@@H]2O[C@H]([S@](C)=O)[C@@H](O)[C@H](O)[C@H]2O)cc1Cc1ccc(CCCC(=O)NC(C)(C)C(=O)NCC[N+](C)(C)[O-])cc1. The summed E-state index contributed by atoms with van der Waals surface area (Å²) in [7, 11) is 1.44. The number of hydrogen-bond acceptors (Lipinski definition) is 8. The molecule has 1 saturated heterocycles. The number of carbonyl (C=O) groups excluding carboxylic acids is 2. The van der Waals surface area contributed by atoms with Gasteiger partial charge < -0.3 is 40.5 Å². The first kappa shape index (κ1) is 35.8. The normalized spacial score (nSPS) is 23.2. The molecule has 2 amide bonds. The van der Waals surface area contributed by atoms with Crippen molar-refractivity contribution in [3.05, 3.63) is 75.5 Å². The zero-order valence-electron chi connectivity index (χ0n) is 26.4. The molecule has 12 heteroatoms. The van der Waals surface area contributed by atoms with Crippen LogP contribution in [0.4, 0.5) is 0 Å². The minimum atomic E-state index is -1.56. The maximum absolute atomic E-state index is 12.5. The Labute approximate surface area is 262 Å². The van der Waals surface area contributed by atoms with Gasteiger partial charge in [-0.25, -0.2) is 0 Å². The van der Waals surface area contributed by atoms with Crippen molar-refractivity contribution >= 4 is 22.6 Å². The first-order chi connectivity index (χ1) is 20.5. The van der Waals surface area contributed by atoms with E-state index in [1.165, 1.54) is 20.4 Å². The van der Waals surface area contributed by atoms with Crippen LogP contribution < -0.4 is 10.6 Å². The molecule has 3 rings (SSSR count). The van der Waals surface area contributed by atoms with Crippen molar-refractivity contribution in [3.63, 3.8) is 0 Å². The van der Waals surface area contributed by atoms with Gasteiger partial charge in [0, 0.05) is 12.7 Å². The molecule has 1 aliphatic rings. The lowest BCUT2D eigenvalue weighted by molar-refractivity contribution is -0.838. The van der Waals surface area contributed by atoms with E-state index in [1.54, 1.807) is 19.9 Å². The molecule has 2 aromatic carbocycles. The first-order valence-electron chi connectivity index (χ1n) is 14.8. The van der Waals surface area contributed by atoms with Gasteiger partial charge in [0.1, 0.15) is 30.0 Å². The average molecular weight is 634 g/mol. The number of benzene rings is 2. The molecule has 5 N–H and O–H groups in total. The Morgan fingerprint density at radius 2 is 1.66 bits per heavy atom. The highest BCUT2D eigenvalue weighted by Gasteiger charge is 2.45. The molecule has 0 spiro atoms. The van der Waals surface area contributed by atoms with Crippen LogP contribution in [0.1, 0.15) is 60.6 Å². The molecule has 11 nitrogen and oxygen atoms in total. The molecule has 0 aromatic heterocycles. The number of ether oxygens (including phenoxy) is 1. The number of hydroxylamine groups is 3. The van der Waals surface area contributed by atoms with Crippen LogP contribution in [0.15, 0.2) is 42.5 Å². The van der Waals surface area contributed by atoms with Crippen LogP contribution in [0.25, 0.3) is 0 Å². The van der Waals surface area contributed by atoms with Gasteiger partial charge in [-0.05, 0) is 67.9 Å². The lowest BCUT2D eigenvalue weighted by atomic mass is 9.91. The van der Waals surface area contributed by atoms with Crippen molar-refractivity contribution in [1.82, 2.24) is 10.6 Å². The maximum Gasteiger partial charge on any atom is 0.245 e. The Hall–Kier alpha value is -2.71. The third kappa shape index (κ3) is 9.90. The molecule has 0 aliphatic carbocycles. The lowest BCUT2D eigenvalue weighted by Gasteiger charge is -2.40. The van der Waals surface area contributed by atoms with E-state index in [0.29, 0.717) is 24.8 Å². The topological polar surface area (TPSA) is 168 Å². The second kappa shape index (κ2) is 15.0. The molecular weight excluding hydrogens is 586 g/mol. The number of nitrogens with zero attached hydrogens (tertiary/aromatic N) is 1. The van der Waals surface area contributed by atoms with Crippen molar-refractivity contribution < 1.29 is 38.5 Å². The summed E-state index contributed by atoms with van der Waals surface area (Å²) >= 11 is 0. The van der Waals surface area contributed by atoms with Crippen LogP contribution in [0.3, 0.4) is 0 Å². The van der Waals surface area contributed by atoms with Crippen molar-refractivity contribution in [3.8, 4) is 0 Å². The van der Waals surface area contributed by atoms with Crippen molar-refractivity contribution in [2.75, 3.05) is 33.4 Å². The Morgan fingerprint density at radius 3 is 2.27 bits per heavy atom. The largest absolute Gasteiger partial charge is 0.633 e. The van der Waals surface area contributed by atoms with Crippen LogP contribution in [-0.4, -0.2) is 98.7 Å². The summed E-state index contributed by atoms with van der Waals surface area (Å²) in [4.78, 5) is 25.0. The van der Waals surface area contributed by atoms with Crippen LogP contribution in [0, 0.1) is 12.1 Å². The molecule has 6 atom stereocenters. The quantitative estimate of drug-likeness (QED) is 0.163. The fourth-order valence-corrected chi connectivity index (χ4v) is 5.91. The molecule has 2 aromatic rings. The molecule has 1 heterocycles. The number of nitrogens with one attached hydrogen (secondary N) is 2. The molecule has 1 fully saturated rings. The first-order valence-corrected chi connectivity index (χ1v) is 16.4. The molecule has 244 valence electrons. The number of amides is 2. The number of quaternary nitrogens is 1. The van der Waals surface area contributed by atoms with Gasteiger partial charge in [-0.1, -0.05) is 42.5 Å². The van der Waals surface area contributed by atoms with Gasteiger partial charge in [0.15, 0.2) is 5.44 Å². The van der Waals surface area contributed by atoms with Crippen molar-refractivity contribution in [2.45, 2.75) is 81.8 Å². The van der Waals surface area contributed by atoms with Crippen molar-refractivity contribution in [1.29, 1.82) is 0 Å². The Kier molecular flexibility index (Phi) is 12.2. The van der Waals surface area contributed by atoms with E-state index in [2.05, 4.69) is 10.6 Å². The number of rotatable bonds is 13. The number of aryl methyl sites for hydroxylation is 2. The van der Waals surface area contributed by atoms with Gasteiger partial charge in [-0.15, -0.1) is 0 Å². The van der Waals surface area contributed by atoms with E-state index in [1.807, 2.05) is 43.3 Å². The standard InChI is InChI=1S/C32H47N3O8S/c1-20-10-15-23(29-27(38)26(37)28(39)30(43-29)44(6)42)19-24(20)18-22-13-11-21(12-14-22)8-7-9-25(36)34-32(2,3)31(40)33-16-17-35(4,5)41/h10-15,19,26-30,37-39H,7-9,16-18H2,1-6H3,(H,33,40)(H,34,36)/t26-,27-,28+,29+,30-,44+/m1/s1. The monoisotopic (exact) mass is 633 g/mol. The molecule has 0 unspecified atom stereocenters. The second-order valence-electron chi connectivity index (χ2n) is 12.7. The minimum Gasteiger partial charge on any atom is -0.633 e. The van der Waals surface area contributed by atoms with Gasteiger partial charge in [-0.2, -0.15) is 0 Å². The fraction of sp³-hybridized carbons (Fsp3) is 0.562. The minimum absolute atomic E-state index is 0.220. The fourth-order valence-electron chi connectivity index (χ4n) is 5.08. The summed E-state index contributed by atoms with van der Waals surface area (Å²) in [5, 5.41) is 48.3. The summed E-state index contributed by atoms with van der Waals surface area (Å²) in [6, 6.07) is 13.7. The highest BCUT2D eigenvalue weighted by molar-refractivity contribution is 7.84. The highest BCUT2D eigenvalue weighted by atomic mass is 32.2. The predicted molar refractivity (Wildman–Crippen MR) is 169 cm³/mol. The van der Waals surface area contributed by atoms with Crippen LogP contribution in [0.2, 0.25) is 0 Å². The Morgan fingerprint density at radius 1 is 1.02 bits per heavy atom. The summed E-state index contributed by atoms with van der Waals surface area (Å²) in [5.74, 6) is -0.557. The van der Waals surface area contributed by atoms with E-state index >= 15 is 0 Å². The van der Waals surface area contributed by atoms with Gasteiger partial charge >= 0.3 is 0 Å². The smallest absolute Gasteiger partial charge is 0.245 e. The molecule has 0 saturated carbocycles. The summed E-state index contributed by atoms with van der Waals surface area (Å²) in [5.41, 5.74) is 2.60. The number of aliphatic hydroxyl groups is 3. The summed E-state index contributed by atoms with van der Waals surface area (Å²) in [6.45, 7) is 5.72. The molecule has 1 aliphatic heterocycles. The number of carbonyl (C=O) groups is 2. The number of likely N-dealkylation sites (N-methyl/N-ethyl adjacent to an activating group) is 1. The van der Waals surface area contributed by atoms with E-state index in [4.69, 9.17) is 4.74 Å². The highest BCUT2D eigenvalue weighted by Crippen LogP contribution is 2.34. The zero-order valence-corrected chi connectivity index (χ0v) is 27.2. The van der Waals surface area contributed by atoms with E-state index in [9.17, 15) is 34.3 Å².